The average molecular weight is 172 g/mol. The quantitative estimate of drug-likeness (QED) is 0.306. The van der Waals surface area contributed by atoms with Crippen molar-refractivity contribution in [3.63, 3.8) is 0 Å². The molecule has 0 unspecified atom stereocenters. The lowest BCUT2D eigenvalue weighted by Gasteiger charge is -1.85. The molecule has 2 nitrogen and oxygen atoms in total. The van der Waals surface area contributed by atoms with Gasteiger partial charge in [-0.2, -0.15) is 0 Å². The molecule has 0 aliphatic rings. The van der Waals surface area contributed by atoms with E-state index in [1.165, 1.54) is 0 Å². The van der Waals surface area contributed by atoms with Crippen molar-refractivity contribution in [2.24, 2.45) is 0 Å². The van der Waals surface area contributed by atoms with E-state index in [9.17, 15) is 4.79 Å². The maximum absolute atomic E-state index is 10.4. The molecule has 54 valence electrons. The van der Waals surface area contributed by atoms with E-state index in [1.54, 1.807) is 6.92 Å². The van der Waals surface area contributed by atoms with E-state index in [0.717, 1.165) is 4.86 Å². The van der Waals surface area contributed by atoms with Gasteiger partial charge in [0, 0.05) is 17.2 Å². The second kappa shape index (κ2) is 5.15. The summed E-state index contributed by atoms with van der Waals surface area (Å²) in [6.07, 6.45) is 0.492. The SMILES string of the molecule is CC(=S)CC#CC(=O)O[SiH3]. The van der Waals surface area contributed by atoms with Crippen molar-refractivity contribution in [1.29, 1.82) is 0 Å². The summed E-state index contributed by atoms with van der Waals surface area (Å²) in [6.45, 7) is 1.79. The highest BCUT2D eigenvalue weighted by molar-refractivity contribution is 7.80. The zero-order chi connectivity index (χ0) is 7.98. The minimum atomic E-state index is -0.456. The molecule has 0 fully saturated rings. The van der Waals surface area contributed by atoms with Crippen LogP contribution in [-0.4, -0.2) is 21.3 Å². The molecule has 0 aromatic rings. The summed E-state index contributed by atoms with van der Waals surface area (Å²) in [5, 5.41) is 0. The Bertz CT molecular complexity index is 202. The van der Waals surface area contributed by atoms with E-state index in [4.69, 9.17) is 12.2 Å². The van der Waals surface area contributed by atoms with Gasteiger partial charge in [0.05, 0.1) is 0 Å². The molecule has 0 aliphatic carbocycles. The summed E-state index contributed by atoms with van der Waals surface area (Å²) in [6, 6.07) is 0. The zero-order valence-corrected chi connectivity index (χ0v) is 8.75. The van der Waals surface area contributed by atoms with E-state index >= 15 is 0 Å². The molecule has 0 saturated heterocycles. The normalized spacial score (nSPS) is 7.70. The monoisotopic (exact) mass is 172 g/mol. The molecule has 0 radical (unpaired) electrons. The first kappa shape index (κ1) is 9.34. The van der Waals surface area contributed by atoms with Crippen molar-refractivity contribution in [3.8, 4) is 11.8 Å². The predicted octanol–water partition coefficient (Wildman–Crippen LogP) is -0.407. The Morgan fingerprint density at radius 1 is 1.80 bits per heavy atom. The fourth-order valence-corrected chi connectivity index (χ4v) is 0.466. The minimum Gasteiger partial charge on any atom is -0.519 e. The Morgan fingerprint density at radius 2 is 2.40 bits per heavy atom. The first-order valence-corrected chi connectivity index (χ1v) is 3.95. The molecule has 0 atom stereocenters. The predicted molar refractivity (Wildman–Crippen MR) is 46.7 cm³/mol. The maximum atomic E-state index is 10.4. The number of carbonyl (C=O) groups is 1. The molecule has 10 heavy (non-hydrogen) atoms. The van der Waals surface area contributed by atoms with Gasteiger partial charge in [-0.15, -0.1) is 0 Å². The third-order valence-electron chi connectivity index (χ3n) is 0.713. The van der Waals surface area contributed by atoms with Gasteiger partial charge in [-0.1, -0.05) is 18.1 Å². The smallest absolute Gasteiger partial charge is 0.370 e. The first-order chi connectivity index (χ1) is 4.66. The molecule has 4 heteroatoms. The van der Waals surface area contributed by atoms with Crippen LogP contribution in [0.25, 0.3) is 0 Å². The lowest BCUT2D eigenvalue weighted by atomic mass is 10.3. The lowest BCUT2D eigenvalue weighted by molar-refractivity contribution is -0.127. The highest BCUT2D eigenvalue weighted by Gasteiger charge is 1.87. The lowest BCUT2D eigenvalue weighted by Crippen LogP contribution is -1.96. The van der Waals surface area contributed by atoms with Crippen LogP contribution in [-0.2, 0) is 9.22 Å². The van der Waals surface area contributed by atoms with Gasteiger partial charge in [-0.3, -0.25) is 0 Å². The van der Waals surface area contributed by atoms with E-state index in [0.29, 0.717) is 16.9 Å². The van der Waals surface area contributed by atoms with Gasteiger partial charge in [-0.25, -0.2) is 4.79 Å². The summed E-state index contributed by atoms with van der Waals surface area (Å²) in [5.74, 6) is 4.44. The third kappa shape index (κ3) is 5.47. The Labute approximate surface area is 68.5 Å². The zero-order valence-electron chi connectivity index (χ0n) is 5.93. The molecule has 0 heterocycles. The van der Waals surface area contributed by atoms with Crippen LogP contribution in [0.2, 0.25) is 0 Å². The van der Waals surface area contributed by atoms with Crippen molar-refractivity contribution in [3.05, 3.63) is 0 Å². The Balaban J connectivity index is 3.70. The summed E-state index contributed by atoms with van der Waals surface area (Å²) in [4.78, 5) is 11.2. The van der Waals surface area contributed by atoms with Crippen LogP contribution in [0.15, 0.2) is 0 Å². The molecule has 0 bridgehead atoms. The van der Waals surface area contributed by atoms with Gasteiger partial charge in [0.2, 0.25) is 10.5 Å². The van der Waals surface area contributed by atoms with Crippen molar-refractivity contribution < 1.29 is 9.22 Å². The second-order valence-corrected chi connectivity index (χ2v) is 2.78. The molecule has 0 rings (SSSR count). The van der Waals surface area contributed by atoms with E-state index in [2.05, 4.69) is 16.3 Å². The van der Waals surface area contributed by atoms with E-state index < -0.39 is 5.97 Å². The number of carbonyl (C=O) groups excluding carboxylic acids is 1. The van der Waals surface area contributed by atoms with E-state index in [-0.39, 0.29) is 0 Å². The van der Waals surface area contributed by atoms with Gasteiger partial charge in [0.1, 0.15) is 0 Å². The Kier molecular flexibility index (Phi) is 4.81. The van der Waals surface area contributed by atoms with Gasteiger partial charge in [0.15, 0.2) is 0 Å². The summed E-state index contributed by atoms with van der Waals surface area (Å²) in [5.41, 5.74) is 0. The van der Waals surface area contributed by atoms with Crippen LogP contribution in [0.3, 0.4) is 0 Å². The number of thiocarbonyl (C=S) groups is 1. The summed E-state index contributed by atoms with van der Waals surface area (Å²) >= 11 is 4.74. The van der Waals surface area contributed by atoms with Crippen LogP contribution < -0.4 is 0 Å². The summed E-state index contributed by atoms with van der Waals surface area (Å²) in [7, 11) is 0.401. The summed E-state index contributed by atoms with van der Waals surface area (Å²) < 4.78 is 4.42. The van der Waals surface area contributed by atoms with Crippen molar-refractivity contribution in [2.75, 3.05) is 0 Å². The van der Waals surface area contributed by atoms with Crippen LogP contribution in [0.1, 0.15) is 13.3 Å². The molecule has 0 spiro atoms. The second-order valence-electron chi connectivity index (χ2n) is 1.67. The number of hydrogen-bond acceptors (Lipinski definition) is 3. The number of hydrogen-bond donors (Lipinski definition) is 0. The van der Waals surface area contributed by atoms with Gasteiger partial charge in [-0.05, 0) is 6.92 Å². The molecule has 0 aromatic heterocycles. The fraction of sp³-hybridized carbons (Fsp3) is 0.333. The molecular weight excluding hydrogens is 164 g/mol. The Hall–Kier alpha value is -0.663. The molecular formula is C6H8O2SSi. The first-order valence-electron chi connectivity index (χ1n) is 2.73. The van der Waals surface area contributed by atoms with Crippen LogP contribution in [0.5, 0.6) is 0 Å². The van der Waals surface area contributed by atoms with Crippen molar-refractivity contribution >= 4 is 33.5 Å². The van der Waals surface area contributed by atoms with Crippen LogP contribution in [0, 0.1) is 11.8 Å². The highest BCUT2D eigenvalue weighted by atomic mass is 32.1. The topological polar surface area (TPSA) is 26.3 Å². The van der Waals surface area contributed by atoms with E-state index in [1.807, 2.05) is 0 Å². The van der Waals surface area contributed by atoms with Crippen molar-refractivity contribution in [1.82, 2.24) is 0 Å². The highest BCUT2D eigenvalue weighted by Crippen LogP contribution is 1.81. The fourth-order valence-electron chi connectivity index (χ4n) is 0.292. The van der Waals surface area contributed by atoms with Crippen molar-refractivity contribution in [2.45, 2.75) is 13.3 Å². The molecule has 0 amide bonds. The average Bonchev–Trinajstić information content (AvgIpc) is 1.87. The molecule has 0 N–H and O–H groups in total. The minimum absolute atomic E-state index is 0.401. The Morgan fingerprint density at radius 3 is 2.80 bits per heavy atom. The standard InChI is InChI=1S/C6H8O2SSi/c1-5(9)3-2-4-6(7)8-10/h3H2,1,10H3. The number of rotatable bonds is 1. The van der Waals surface area contributed by atoms with Gasteiger partial charge < -0.3 is 4.43 Å². The van der Waals surface area contributed by atoms with Crippen LogP contribution in [0.4, 0.5) is 0 Å². The maximum Gasteiger partial charge on any atom is 0.370 e. The van der Waals surface area contributed by atoms with Gasteiger partial charge in [0.25, 0.3) is 0 Å². The van der Waals surface area contributed by atoms with Gasteiger partial charge >= 0.3 is 5.97 Å². The van der Waals surface area contributed by atoms with Crippen LogP contribution >= 0.6 is 12.2 Å². The largest absolute Gasteiger partial charge is 0.519 e. The molecule has 0 aromatic carbocycles. The third-order valence-corrected chi connectivity index (χ3v) is 1.23. The molecule has 0 saturated carbocycles. The molecule has 0 aliphatic heterocycles.